The molecule has 178 valence electrons. The van der Waals surface area contributed by atoms with Gasteiger partial charge in [0.05, 0.1) is 28.7 Å². The molecule has 1 aromatic carbocycles. The lowest BCUT2D eigenvalue weighted by Crippen LogP contribution is -2.61. The van der Waals surface area contributed by atoms with Crippen LogP contribution in [0.2, 0.25) is 0 Å². The summed E-state index contributed by atoms with van der Waals surface area (Å²) in [5, 5.41) is 11.8. The van der Waals surface area contributed by atoms with Gasteiger partial charge in [0, 0.05) is 18.4 Å². The van der Waals surface area contributed by atoms with Crippen molar-refractivity contribution in [2.24, 2.45) is 0 Å². The summed E-state index contributed by atoms with van der Waals surface area (Å²) in [6.07, 6.45) is 1.13. The lowest BCUT2D eigenvalue weighted by Gasteiger charge is -2.40. The quantitative estimate of drug-likeness (QED) is 0.444. The summed E-state index contributed by atoms with van der Waals surface area (Å²) in [5.74, 6) is -5.75. The van der Waals surface area contributed by atoms with Gasteiger partial charge in [0.15, 0.2) is 17.3 Å². The van der Waals surface area contributed by atoms with Crippen molar-refractivity contribution in [2.75, 3.05) is 18.1 Å². The van der Waals surface area contributed by atoms with Crippen molar-refractivity contribution in [1.82, 2.24) is 14.6 Å². The van der Waals surface area contributed by atoms with Crippen LogP contribution in [0.3, 0.4) is 0 Å². The van der Waals surface area contributed by atoms with E-state index in [4.69, 9.17) is 10.1 Å². The van der Waals surface area contributed by atoms with E-state index >= 15 is 4.39 Å². The molecule has 2 aromatic rings. The third-order valence-corrected chi connectivity index (χ3v) is 6.90. The number of sulfonamides is 1. The summed E-state index contributed by atoms with van der Waals surface area (Å²) in [6, 6.07) is 2.71. The summed E-state index contributed by atoms with van der Waals surface area (Å²) in [5.41, 5.74) is -3.73. The number of carbonyl (C=O) groups excluding carboxylic acids is 1. The van der Waals surface area contributed by atoms with Gasteiger partial charge >= 0.3 is 0 Å². The van der Waals surface area contributed by atoms with Crippen molar-refractivity contribution in [3.05, 3.63) is 53.1 Å². The number of rotatable bonds is 5. The molecule has 16 heteroatoms. The van der Waals surface area contributed by atoms with E-state index < -0.39 is 72.9 Å². The van der Waals surface area contributed by atoms with Gasteiger partial charge in [0.2, 0.25) is 16.0 Å². The predicted molar refractivity (Wildman–Crippen MR) is 127 cm³/mol. The van der Waals surface area contributed by atoms with Crippen molar-refractivity contribution in [3.63, 3.8) is 0 Å². The SMILES string of the molecule is BC(B)(B)Oc1cnc(C(=O)Nc2ccc(F)c([C@]3(C)CS(=O)(=O)N(C)C(=N)N3)c2F)c(F)c1. The van der Waals surface area contributed by atoms with Crippen molar-refractivity contribution >= 4 is 51.1 Å². The second kappa shape index (κ2) is 8.56. The molecule has 0 saturated carbocycles. The summed E-state index contributed by atoms with van der Waals surface area (Å²) in [4.78, 5) is 16.3. The van der Waals surface area contributed by atoms with Gasteiger partial charge < -0.3 is 15.4 Å². The number of nitrogens with zero attached hydrogens (tertiary/aromatic N) is 2. The molecule has 1 aliphatic rings. The normalized spacial score (nSPS) is 19.9. The zero-order valence-corrected chi connectivity index (χ0v) is 19.9. The highest BCUT2D eigenvalue weighted by Crippen LogP contribution is 2.34. The highest BCUT2D eigenvalue weighted by molar-refractivity contribution is 7.89. The van der Waals surface area contributed by atoms with E-state index in [1.165, 1.54) is 6.92 Å². The number of pyridine rings is 1. The van der Waals surface area contributed by atoms with Gasteiger partial charge in [-0.1, -0.05) is 0 Å². The fourth-order valence-corrected chi connectivity index (χ4v) is 4.91. The highest BCUT2D eigenvalue weighted by Gasteiger charge is 2.45. The van der Waals surface area contributed by atoms with Crippen LogP contribution in [0, 0.1) is 22.9 Å². The van der Waals surface area contributed by atoms with Crippen LogP contribution < -0.4 is 15.4 Å². The Morgan fingerprint density at radius 2 is 1.94 bits per heavy atom. The van der Waals surface area contributed by atoms with E-state index in [0.29, 0.717) is 4.31 Å². The molecule has 9 nitrogen and oxygen atoms in total. The Balaban J connectivity index is 1.94. The molecule has 0 bridgehead atoms. The van der Waals surface area contributed by atoms with E-state index in [9.17, 15) is 22.0 Å². The molecule has 1 aliphatic heterocycles. The summed E-state index contributed by atoms with van der Waals surface area (Å²) in [7, 11) is 2.31. The first-order valence-electron chi connectivity index (χ1n) is 10.0. The number of guanidine groups is 1. The van der Waals surface area contributed by atoms with E-state index in [-0.39, 0.29) is 5.75 Å². The van der Waals surface area contributed by atoms with E-state index in [0.717, 1.165) is 31.4 Å². The number of carbonyl (C=O) groups is 1. The Hall–Kier alpha value is -3.16. The van der Waals surface area contributed by atoms with Crippen molar-refractivity contribution in [2.45, 2.75) is 17.8 Å². The fraction of sp³-hybridized carbons (Fsp3) is 0.278. The maximum absolute atomic E-state index is 15.4. The predicted octanol–water partition coefficient (Wildman–Crippen LogP) is -1.34. The van der Waals surface area contributed by atoms with Gasteiger partial charge in [0.1, 0.15) is 35.1 Å². The molecule has 1 saturated heterocycles. The van der Waals surface area contributed by atoms with Crippen molar-refractivity contribution < 1.29 is 31.1 Å². The monoisotopic (exact) mass is 493 g/mol. The first kappa shape index (κ1) is 25.5. The Kier molecular flexibility index (Phi) is 6.42. The molecule has 1 fully saturated rings. The summed E-state index contributed by atoms with van der Waals surface area (Å²) in [6.45, 7) is 1.22. The van der Waals surface area contributed by atoms with Crippen LogP contribution in [-0.4, -0.2) is 71.2 Å². The molecular formula is C18H21B3F3N5O4S. The van der Waals surface area contributed by atoms with Crippen molar-refractivity contribution in [1.29, 1.82) is 5.41 Å². The van der Waals surface area contributed by atoms with Gasteiger partial charge in [-0.3, -0.25) is 10.2 Å². The Morgan fingerprint density at radius 3 is 2.50 bits per heavy atom. The van der Waals surface area contributed by atoms with E-state index in [2.05, 4.69) is 15.6 Å². The molecule has 1 atom stereocenters. The standard InChI is InChI=1S/C18H21B3F3N5O4S/c1-17(7-34(31,32)29(2)16(25)28-17)12-9(22)3-4-11(13(12)24)27-15(30)14-10(23)5-8(6-26-14)33-18(19,20)21/h3-6H,7,19-21H2,1-2H3,(H2,25,28)(H,27,30)/t17-/m0/s1. The third kappa shape index (κ3) is 5.01. The van der Waals surface area contributed by atoms with Crippen LogP contribution in [-0.2, 0) is 15.6 Å². The van der Waals surface area contributed by atoms with Crippen LogP contribution in [0.4, 0.5) is 18.9 Å². The smallest absolute Gasteiger partial charge is 0.277 e. The van der Waals surface area contributed by atoms with E-state index in [1.54, 1.807) is 23.5 Å². The minimum atomic E-state index is -4.05. The average molecular weight is 493 g/mol. The van der Waals surface area contributed by atoms with Crippen LogP contribution >= 0.6 is 0 Å². The molecule has 1 aromatic heterocycles. The van der Waals surface area contributed by atoms with Gasteiger partial charge in [-0.15, -0.1) is 0 Å². The first-order chi connectivity index (χ1) is 15.5. The molecule has 0 spiro atoms. The molecule has 1 amide bonds. The number of anilines is 1. The number of nitrogens with one attached hydrogen (secondary N) is 3. The van der Waals surface area contributed by atoms with Crippen LogP contribution in [0.25, 0.3) is 0 Å². The summed E-state index contributed by atoms with van der Waals surface area (Å²) >= 11 is 0. The van der Waals surface area contributed by atoms with Crippen LogP contribution in [0.1, 0.15) is 23.0 Å². The number of hydrogen-bond acceptors (Lipinski definition) is 6. The molecule has 3 rings (SSSR count). The van der Waals surface area contributed by atoms with Crippen LogP contribution in [0.5, 0.6) is 5.75 Å². The molecule has 0 radical (unpaired) electrons. The average Bonchev–Trinajstić information content (AvgIpc) is 2.66. The number of aromatic nitrogens is 1. The maximum atomic E-state index is 15.4. The summed E-state index contributed by atoms with van der Waals surface area (Å²) < 4.78 is 75.4. The topological polar surface area (TPSA) is 124 Å². The van der Waals surface area contributed by atoms with Gasteiger partial charge in [-0.05, 0) is 19.1 Å². The van der Waals surface area contributed by atoms with Gasteiger partial charge in [-0.2, -0.15) is 0 Å². The number of halogens is 3. The molecule has 0 unspecified atom stereocenters. The molecule has 3 N–H and O–H groups in total. The lowest BCUT2D eigenvalue weighted by molar-refractivity contribution is 0.101. The molecule has 34 heavy (non-hydrogen) atoms. The zero-order valence-electron chi connectivity index (χ0n) is 19.1. The highest BCUT2D eigenvalue weighted by atomic mass is 32.2. The zero-order chi connectivity index (χ0) is 25.6. The second-order valence-electron chi connectivity index (χ2n) is 8.98. The Labute approximate surface area is 197 Å². The second-order valence-corrected chi connectivity index (χ2v) is 11.0. The Bertz CT molecular complexity index is 1290. The minimum absolute atomic E-state index is 0.0849. The largest absolute Gasteiger partial charge is 0.512 e. The van der Waals surface area contributed by atoms with Crippen LogP contribution in [0.15, 0.2) is 24.4 Å². The molecule has 0 aliphatic carbocycles. The number of hydrogen-bond donors (Lipinski definition) is 3. The van der Waals surface area contributed by atoms with Gasteiger partial charge in [-0.25, -0.2) is 30.9 Å². The first-order valence-corrected chi connectivity index (χ1v) is 11.6. The van der Waals surface area contributed by atoms with E-state index in [1.807, 2.05) is 0 Å². The third-order valence-electron chi connectivity index (χ3n) is 4.94. The molecular weight excluding hydrogens is 472 g/mol. The number of amides is 1. The number of ether oxygens (including phenoxy) is 1. The number of benzene rings is 1. The Morgan fingerprint density at radius 1 is 1.29 bits per heavy atom. The van der Waals surface area contributed by atoms with Crippen molar-refractivity contribution in [3.8, 4) is 5.75 Å². The van der Waals surface area contributed by atoms with Gasteiger partial charge in [0.25, 0.3) is 5.91 Å². The molecule has 2 heterocycles. The maximum Gasteiger partial charge on any atom is 0.277 e. The minimum Gasteiger partial charge on any atom is -0.512 e. The lowest BCUT2D eigenvalue weighted by atomic mass is 9.52. The fourth-order valence-electron chi connectivity index (χ4n) is 3.44.